The van der Waals surface area contributed by atoms with Gasteiger partial charge < -0.3 is 15.5 Å². The van der Waals surface area contributed by atoms with E-state index >= 15 is 0 Å². The van der Waals surface area contributed by atoms with Gasteiger partial charge in [0.25, 0.3) is 5.69 Å². The van der Waals surface area contributed by atoms with Gasteiger partial charge in [0.1, 0.15) is 0 Å². The molecule has 0 saturated carbocycles. The number of hydrogen-bond acceptors (Lipinski definition) is 5. The Kier molecular flexibility index (Phi) is 5.65. The Balaban J connectivity index is 2.68. The molecule has 0 aliphatic rings. The first-order valence-electron chi connectivity index (χ1n) is 5.51. The molecule has 3 N–H and O–H groups in total. The van der Waals surface area contributed by atoms with Gasteiger partial charge in [-0.3, -0.25) is 14.9 Å². The summed E-state index contributed by atoms with van der Waals surface area (Å²) < 4.78 is 0. The third-order valence-corrected chi connectivity index (χ3v) is 2.30. The van der Waals surface area contributed by atoms with E-state index in [0.717, 1.165) is 0 Å². The lowest BCUT2D eigenvalue weighted by Gasteiger charge is -2.10. The van der Waals surface area contributed by atoms with Crippen molar-refractivity contribution in [3.63, 3.8) is 0 Å². The molecule has 0 radical (unpaired) electrons. The second-order valence-corrected chi connectivity index (χ2v) is 3.76. The van der Waals surface area contributed by atoms with Crippen LogP contribution in [-0.2, 0) is 4.79 Å². The molecule has 7 nitrogen and oxygen atoms in total. The standard InChI is InChI=1S/C12H14N2O5/c15-7-10(8-16)13-12(17)5-4-9-2-1-3-11(6-9)14(18)19/h1-6,10,15-16H,7-8H2,(H,13,17). The zero-order valence-corrected chi connectivity index (χ0v) is 10.0. The molecule has 1 rings (SSSR count). The first kappa shape index (κ1) is 14.8. The van der Waals surface area contributed by atoms with Crippen LogP contribution in [0, 0.1) is 10.1 Å². The van der Waals surface area contributed by atoms with Gasteiger partial charge in [0, 0.05) is 18.2 Å². The van der Waals surface area contributed by atoms with Gasteiger partial charge in [0.2, 0.25) is 5.91 Å². The molecular weight excluding hydrogens is 252 g/mol. The van der Waals surface area contributed by atoms with Crippen LogP contribution < -0.4 is 5.32 Å². The molecular formula is C12H14N2O5. The van der Waals surface area contributed by atoms with E-state index in [1.807, 2.05) is 0 Å². The molecule has 19 heavy (non-hydrogen) atoms. The predicted octanol–water partition coefficient (Wildman–Crippen LogP) is 0.0774. The fraction of sp³-hybridized carbons (Fsp3) is 0.250. The fourth-order valence-corrected chi connectivity index (χ4v) is 1.31. The van der Waals surface area contributed by atoms with Crippen molar-refractivity contribution in [1.29, 1.82) is 0 Å². The van der Waals surface area contributed by atoms with Gasteiger partial charge in [-0.05, 0) is 11.6 Å². The number of nitro groups is 1. The second-order valence-electron chi connectivity index (χ2n) is 3.76. The van der Waals surface area contributed by atoms with Gasteiger partial charge in [-0.25, -0.2) is 0 Å². The predicted molar refractivity (Wildman–Crippen MR) is 68.2 cm³/mol. The van der Waals surface area contributed by atoms with E-state index < -0.39 is 16.9 Å². The topological polar surface area (TPSA) is 113 Å². The molecule has 102 valence electrons. The SMILES string of the molecule is O=C(C=Cc1cccc([N+](=O)[O-])c1)NC(CO)CO. The lowest BCUT2D eigenvalue weighted by Crippen LogP contribution is -2.39. The number of nitro benzene ring substituents is 1. The zero-order chi connectivity index (χ0) is 14.3. The lowest BCUT2D eigenvalue weighted by atomic mass is 10.2. The number of benzene rings is 1. The Bertz CT molecular complexity index is 483. The van der Waals surface area contributed by atoms with Gasteiger partial charge in [-0.1, -0.05) is 12.1 Å². The molecule has 0 fully saturated rings. The van der Waals surface area contributed by atoms with Crippen LogP contribution in [0.3, 0.4) is 0 Å². The summed E-state index contributed by atoms with van der Waals surface area (Å²) in [6, 6.07) is 5.10. The van der Waals surface area contributed by atoms with Gasteiger partial charge in [-0.15, -0.1) is 0 Å². The van der Waals surface area contributed by atoms with Crippen molar-refractivity contribution < 1.29 is 19.9 Å². The molecule has 0 spiro atoms. The molecule has 0 saturated heterocycles. The summed E-state index contributed by atoms with van der Waals surface area (Å²) in [7, 11) is 0. The fourth-order valence-electron chi connectivity index (χ4n) is 1.31. The van der Waals surface area contributed by atoms with Crippen molar-refractivity contribution >= 4 is 17.7 Å². The number of aliphatic hydroxyl groups is 2. The number of non-ortho nitro benzene ring substituents is 1. The Morgan fingerprint density at radius 3 is 2.68 bits per heavy atom. The minimum Gasteiger partial charge on any atom is -0.394 e. The van der Waals surface area contributed by atoms with Crippen molar-refractivity contribution in [2.45, 2.75) is 6.04 Å². The number of carbonyl (C=O) groups is 1. The number of hydrogen-bond donors (Lipinski definition) is 3. The highest BCUT2D eigenvalue weighted by atomic mass is 16.6. The zero-order valence-electron chi connectivity index (χ0n) is 10.0. The molecule has 0 aromatic heterocycles. The summed E-state index contributed by atoms with van der Waals surface area (Å²) >= 11 is 0. The average Bonchev–Trinajstić information content (AvgIpc) is 2.42. The summed E-state index contributed by atoms with van der Waals surface area (Å²) in [5, 5.41) is 30.5. The molecule has 0 atom stereocenters. The number of aliphatic hydroxyl groups excluding tert-OH is 2. The monoisotopic (exact) mass is 266 g/mol. The minimum absolute atomic E-state index is 0.0637. The molecule has 1 aromatic carbocycles. The summed E-state index contributed by atoms with van der Waals surface area (Å²) in [5.74, 6) is -0.500. The van der Waals surface area contributed by atoms with Gasteiger partial charge >= 0.3 is 0 Å². The maximum atomic E-state index is 11.4. The Hall–Kier alpha value is -2.25. The molecule has 1 aromatic rings. The Morgan fingerprint density at radius 2 is 2.11 bits per heavy atom. The summed E-state index contributed by atoms with van der Waals surface area (Å²) in [4.78, 5) is 21.4. The third-order valence-electron chi connectivity index (χ3n) is 2.30. The van der Waals surface area contributed by atoms with E-state index in [4.69, 9.17) is 10.2 Å². The summed E-state index contributed by atoms with van der Waals surface area (Å²) in [6.45, 7) is -0.736. The van der Waals surface area contributed by atoms with Crippen molar-refractivity contribution in [3.8, 4) is 0 Å². The second kappa shape index (κ2) is 7.24. The van der Waals surface area contributed by atoms with E-state index in [9.17, 15) is 14.9 Å². The smallest absolute Gasteiger partial charge is 0.270 e. The third kappa shape index (κ3) is 4.86. The van der Waals surface area contributed by atoms with Gasteiger partial charge in [0.15, 0.2) is 0 Å². The lowest BCUT2D eigenvalue weighted by molar-refractivity contribution is -0.384. The molecule has 0 aliphatic carbocycles. The quantitative estimate of drug-likeness (QED) is 0.383. The highest BCUT2D eigenvalue weighted by Gasteiger charge is 2.07. The summed E-state index contributed by atoms with van der Waals surface area (Å²) in [5.41, 5.74) is 0.444. The van der Waals surface area contributed by atoms with Crippen LogP contribution >= 0.6 is 0 Å². The highest BCUT2D eigenvalue weighted by molar-refractivity contribution is 5.92. The Morgan fingerprint density at radius 1 is 1.42 bits per heavy atom. The normalized spacial score (nSPS) is 10.9. The highest BCUT2D eigenvalue weighted by Crippen LogP contribution is 2.13. The molecule has 0 bridgehead atoms. The van der Waals surface area contributed by atoms with E-state index in [0.29, 0.717) is 5.56 Å². The van der Waals surface area contributed by atoms with Gasteiger partial charge in [-0.2, -0.15) is 0 Å². The number of nitrogens with zero attached hydrogens (tertiary/aromatic N) is 1. The van der Waals surface area contributed by atoms with E-state index in [2.05, 4.69) is 5.32 Å². The first-order valence-corrected chi connectivity index (χ1v) is 5.51. The van der Waals surface area contributed by atoms with Crippen LogP contribution in [0.15, 0.2) is 30.3 Å². The summed E-state index contributed by atoms with van der Waals surface area (Å²) in [6.07, 6.45) is 2.59. The maximum absolute atomic E-state index is 11.4. The molecule has 1 amide bonds. The van der Waals surface area contributed by atoms with Crippen LogP contribution in [0.2, 0.25) is 0 Å². The number of rotatable bonds is 6. The van der Waals surface area contributed by atoms with E-state index in [1.165, 1.54) is 30.4 Å². The number of carbonyl (C=O) groups excluding carboxylic acids is 1. The number of amides is 1. The van der Waals surface area contributed by atoms with Crippen LogP contribution in [0.4, 0.5) is 5.69 Å². The van der Waals surface area contributed by atoms with Crippen LogP contribution in [-0.4, -0.2) is 40.3 Å². The molecule has 7 heteroatoms. The van der Waals surface area contributed by atoms with Crippen LogP contribution in [0.5, 0.6) is 0 Å². The van der Waals surface area contributed by atoms with Gasteiger partial charge in [0.05, 0.1) is 24.2 Å². The van der Waals surface area contributed by atoms with Crippen LogP contribution in [0.1, 0.15) is 5.56 Å². The number of nitrogens with one attached hydrogen (secondary N) is 1. The van der Waals surface area contributed by atoms with Crippen molar-refractivity contribution in [2.24, 2.45) is 0 Å². The molecule has 0 aliphatic heterocycles. The average molecular weight is 266 g/mol. The van der Waals surface area contributed by atoms with Crippen molar-refractivity contribution in [2.75, 3.05) is 13.2 Å². The van der Waals surface area contributed by atoms with Crippen molar-refractivity contribution in [1.82, 2.24) is 5.32 Å². The minimum atomic E-state index is -0.720. The Labute approximate surface area is 109 Å². The molecule has 0 heterocycles. The van der Waals surface area contributed by atoms with E-state index in [-0.39, 0.29) is 18.9 Å². The maximum Gasteiger partial charge on any atom is 0.270 e. The first-order chi connectivity index (χ1) is 9.06. The van der Waals surface area contributed by atoms with E-state index in [1.54, 1.807) is 6.07 Å². The van der Waals surface area contributed by atoms with Crippen molar-refractivity contribution in [3.05, 3.63) is 46.0 Å². The largest absolute Gasteiger partial charge is 0.394 e. The molecule has 0 unspecified atom stereocenters. The van der Waals surface area contributed by atoms with Crippen LogP contribution in [0.25, 0.3) is 6.08 Å².